The summed E-state index contributed by atoms with van der Waals surface area (Å²) in [6.45, 7) is 0.905. The molecule has 1 aromatic heterocycles. The lowest BCUT2D eigenvalue weighted by atomic mass is 10.3. The van der Waals surface area contributed by atoms with E-state index in [0.29, 0.717) is 25.0 Å². The average molecular weight is 259 g/mol. The first kappa shape index (κ1) is 12.2. The highest BCUT2D eigenvalue weighted by atomic mass is 16.3. The Morgan fingerprint density at radius 1 is 1.47 bits per heavy atom. The molecule has 1 amide bonds. The van der Waals surface area contributed by atoms with Crippen molar-refractivity contribution in [2.45, 2.75) is 25.4 Å². The van der Waals surface area contributed by atoms with Crippen LogP contribution in [-0.2, 0) is 11.3 Å². The molecule has 0 spiro atoms. The molecule has 5 nitrogen and oxygen atoms in total. The van der Waals surface area contributed by atoms with Crippen molar-refractivity contribution in [3.05, 3.63) is 30.2 Å². The summed E-state index contributed by atoms with van der Waals surface area (Å²) in [6.07, 6.45) is 2.22. The average Bonchev–Trinajstić information content (AvgIpc) is 3.06. The van der Waals surface area contributed by atoms with E-state index in [1.807, 2.05) is 36.2 Å². The zero-order chi connectivity index (χ0) is 13.2. The Morgan fingerprint density at radius 2 is 2.26 bits per heavy atom. The van der Waals surface area contributed by atoms with Gasteiger partial charge in [-0.2, -0.15) is 0 Å². The van der Waals surface area contributed by atoms with Gasteiger partial charge < -0.3 is 9.73 Å². The van der Waals surface area contributed by atoms with Crippen molar-refractivity contribution in [2.75, 3.05) is 13.6 Å². The molecule has 1 fully saturated rings. The van der Waals surface area contributed by atoms with Crippen molar-refractivity contribution in [1.29, 1.82) is 0 Å². The van der Waals surface area contributed by atoms with Crippen LogP contribution in [0, 0.1) is 0 Å². The molecule has 0 atom stereocenters. The molecule has 2 aromatic rings. The second-order valence-corrected chi connectivity index (χ2v) is 5.09. The van der Waals surface area contributed by atoms with Gasteiger partial charge in [0.1, 0.15) is 5.52 Å². The van der Waals surface area contributed by atoms with E-state index in [-0.39, 0.29) is 5.91 Å². The molecule has 5 heteroatoms. The van der Waals surface area contributed by atoms with E-state index in [1.54, 1.807) is 0 Å². The first-order valence-corrected chi connectivity index (χ1v) is 6.53. The number of likely N-dealkylation sites (N-methyl/N-ethyl adjacent to an activating group) is 1. The number of nitrogens with zero attached hydrogens (tertiary/aromatic N) is 2. The van der Waals surface area contributed by atoms with Gasteiger partial charge in [-0.25, -0.2) is 4.98 Å². The van der Waals surface area contributed by atoms with E-state index in [9.17, 15) is 4.79 Å². The van der Waals surface area contributed by atoms with Gasteiger partial charge in [0.15, 0.2) is 5.58 Å². The largest absolute Gasteiger partial charge is 0.439 e. The van der Waals surface area contributed by atoms with Crippen molar-refractivity contribution in [3.8, 4) is 0 Å². The van der Waals surface area contributed by atoms with Crippen LogP contribution in [-0.4, -0.2) is 35.4 Å². The van der Waals surface area contributed by atoms with Crippen molar-refractivity contribution in [3.63, 3.8) is 0 Å². The third kappa shape index (κ3) is 3.12. The van der Waals surface area contributed by atoms with E-state index in [4.69, 9.17) is 4.42 Å². The lowest BCUT2D eigenvalue weighted by molar-refractivity contribution is -0.122. The highest BCUT2D eigenvalue weighted by Crippen LogP contribution is 2.18. The molecular formula is C14H17N3O2. The number of benzene rings is 1. The van der Waals surface area contributed by atoms with Crippen LogP contribution in [0.3, 0.4) is 0 Å². The maximum Gasteiger partial charge on any atom is 0.234 e. The van der Waals surface area contributed by atoms with Gasteiger partial charge in [0.05, 0.1) is 13.1 Å². The molecule has 0 aliphatic heterocycles. The number of nitrogens with one attached hydrogen (secondary N) is 1. The first-order valence-electron chi connectivity index (χ1n) is 6.53. The van der Waals surface area contributed by atoms with Gasteiger partial charge in [0.25, 0.3) is 0 Å². The molecule has 1 aliphatic carbocycles. The van der Waals surface area contributed by atoms with Crippen LogP contribution < -0.4 is 5.32 Å². The minimum absolute atomic E-state index is 0.0705. The van der Waals surface area contributed by atoms with E-state index in [0.717, 1.165) is 23.9 Å². The minimum Gasteiger partial charge on any atom is -0.439 e. The van der Waals surface area contributed by atoms with Gasteiger partial charge in [-0.05, 0) is 32.0 Å². The second-order valence-electron chi connectivity index (χ2n) is 5.09. The lowest BCUT2D eigenvalue weighted by Crippen LogP contribution is -2.35. The standard InChI is InChI=1S/C14H17N3O2/c1-17(8-13(18)15-10-6-7-10)9-14-16-11-4-2-3-5-12(11)19-14/h2-5,10H,6-9H2,1H3,(H,15,18). The summed E-state index contributed by atoms with van der Waals surface area (Å²) in [4.78, 5) is 18.0. The molecule has 0 radical (unpaired) electrons. The molecule has 1 saturated carbocycles. The van der Waals surface area contributed by atoms with Crippen LogP contribution in [0.25, 0.3) is 11.1 Å². The number of para-hydroxylation sites is 2. The Kier molecular flexibility index (Phi) is 3.21. The van der Waals surface area contributed by atoms with Gasteiger partial charge in [0, 0.05) is 6.04 Å². The summed E-state index contributed by atoms with van der Waals surface area (Å²) >= 11 is 0. The molecule has 0 saturated heterocycles. The van der Waals surface area contributed by atoms with Crippen molar-refractivity contribution in [1.82, 2.24) is 15.2 Å². The molecule has 1 heterocycles. The third-order valence-electron chi connectivity index (χ3n) is 3.10. The smallest absolute Gasteiger partial charge is 0.234 e. The summed E-state index contributed by atoms with van der Waals surface area (Å²) in [6, 6.07) is 8.07. The van der Waals surface area contributed by atoms with Crippen LogP contribution in [0.1, 0.15) is 18.7 Å². The number of carbonyl (C=O) groups is 1. The van der Waals surface area contributed by atoms with Crippen molar-refractivity contribution < 1.29 is 9.21 Å². The number of hydrogen-bond donors (Lipinski definition) is 1. The maximum absolute atomic E-state index is 11.7. The minimum atomic E-state index is 0.0705. The predicted molar refractivity (Wildman–Crippen MR) is 71.5 cm³/mol. The molecule has 0 bridgehead atoms. The van der Waals surface area contributed by atoms with Crippen LogP contribution in [0.2, 0.25) is 0 Å². The number of amides is 1. The molecule has 100 valence electrons. The third-order valence-corrected chi connectivity index (χ3v) is 3.10. The molecular weight excluding hydrogens is 242 g/mol. The summed E-state index contributed by atoms with van der Waals surface area (Å²) < 4.78 is 5.63. The number of hydrogen-bond acceptors (Lipinski definition) is 4. The fourth-order valence-corrected chi connectivity index (χ4v) is 2.02. The van der Waals surface area contributed by atoms with Gasteiger partial charge in [0.2, 0.25) is 11.8 Å². The highest BCUT2D eigenvalue weighted by molar-refractivity contribution is 5.78. The van der Waals surface area contributed by atoms with E-state index < -0.39 is 0 Å². The van der Waals surface area contributed by atoms with Crippen LogP contribution in [0.5, 0.6) is 0 Å². The van der Waals surface area contributed by atoms with Gasteiger partial charge >= 0.3 is 0 Å². The van der Waals surface area contributed by atoms with Crippen molar-refractivity contribution >= 4 is 17.0 Å². The summed E-state index contributed by atoms with van der Waals surface area (Å²) in [5.74, 6) is 0.712. The Hall–Kier alpha value is -1.88. The summed E-state index contributed by atoms with van der Waals surface area (Å²) in [5, 5.41) is 2.97. The Morgan fingerprint density at radius 3 is 3.00 bits per heavy atom. The van der Waals surface area contributed by atoms with Gasteiger partial charge in [-0.15, -0.1) is 0 Å². The molecule has 1 aliphatic rings. The number of aromatic nitrogens is 1. The Bertz CT molecular complexity index is 556. The van der Waals surface area contributed by atoms with E-state index in [1.165, 1.54) is 0 Å². The maximum atomic E-state index is 11.7. The molecule has 19 heavy (non-hydrogen) atoms. The number of oxazole rings is 1. The van der Waals surface area contributed by atoms with Gasteiger partial charge in [-0.3, -0.25) is 9.69 Å². The topological polar surface area (TPSA) is 58.4 Å². The van der Waals surface area contributed by atoms with Crippen LogP contribution in [0.4, 0.5) is 0 Å². The molecule has 1 N–H and O–H groups in total. The summed E-state index contributed by atoms with van der Waals surface area (Å²) in [5.41, 5.74) is 1.64. The second kappa shape index (κ2) is 5.01. The predicted octanol–water partition coefficient (Wildman–Crippen LogP) is 1.54. The van der Waals surface area contributed by atoms with Gasteiger partial charge in [-0.1, -0.05) is 12.1 Å². The van der Waals surface area contributed by atoms with Crippen LogP contribution in [0.15, 0.2) is 28.7 Å². The Labute approximate surface area is 111 Å². The van der Waals surface area contributed by atoms with Crippen molar-refractivity contribution in [2.24, 2.45) is 0 Å². The number of carbonyl (C=O) groups excluding carboxylic acids is 1. The first-order chi connectivity index (χ1) is 9.20. The van der Waals surface area contributed by atoms with Crippen LogP contribution >= 0.6 is 0 Å². The molecule has 3 rings (SSSR count). The number of rotatable bonds is 5. The molecule has 1 aromatic carbocycles. The number of fused-ring (bicyclic) bond motifs is 1. The fourth-order valence-electron chi connectivity index (χ4n) is 2.02. The lowest BCUT2D eigenvalue weighted by Gasteiger charge is -2.13. The zero-order valence-electron chi connectivity index (χ0n) is 10.9. The highest BCUT2D eigenvalue weighted by Gasteiger charge is 2.23. The van der Waals surface area contributed by atoms with E-state index >= 15 is 0 Å². The Balaban J connectivity index is 1.58. The molecule has 0 unspecified atom stereocenters. The van der Waals surface area contributed by atoms with E-state index in [2.05, 4.69) is 10.3 Å². The fraction of sp³-hybridized carbons (Fsp3) is 0.429. The SMILES string of the molecule is CN(CC(=O)NC1CC1)Cc1nc2ccccc2o1. The zero-order valence-corrected chi connectivity index (χ0v) is 10.9. The monoisotopic (exact) mass is 259 g/mol. The quantitative estimate of drug-likeness (QED) is 0.885. The normalized spacial score (nSPS) is 15.1. The summed E-state index contributed by atoms with van der Waals surface area (Å²) in [7, 11) is 1.89.